The van der Waals surface area contributed by atoms with Gasteiger partial charge in [-0.05, 0) is 6.07 Å². The van der Waals surface area contributed by atoms with Crippen molar-refractivity contribution in [2.45, 2.75) is 5.92 Å². The van der Waals surface area contributed by atoms with Crippen LogP contribution in [0.4, 0.5) is 8.78 Å². The Hall–Kier alpha value is -2.55. The van der Waals surface area contributed by atoms with Crippen molar-refractivity contribution in [3.63, 3.8) is 0 Å². The number of aryl methyl sites for hydroxylation is 1. The summed E-state index contributed by atoms with van der Waals surface area (Å²) in [4.78, 5) is 12.1. The molecule has 0 aliphatic carbocycles. The molecule has 0 N–H and O–H groups in total. The number of nitriles is 1. The average Bonchev–Trinajstić information content (AvgIpc) is 2.79. The first-order valence-electron chi connectivity index (χ1n) is 5.40. The lowest BCUT2D eigenvalue weighted by Crippen LogP contribution is -2.12. The average molecular weight is 261 g/mol. The molecule has 1 unspecified atom stereocenters. The molecular weight excluding hydrogens is 252 g/mol. The van der Waals surface area contributed by atoms with E-state index in [0.717, 1.165) is 12.1 Å². The molecular formula is C13H9F2N3O. The second-order valence-electron chi connectivity index (χ2n) is 3.99. The predicted octanol–water partition coefficient (Wildman–Crippen LogP) is 2.19. The van der Waals surface area contributed by atoms with Crippen LogP contribution < -0.4 is 0 Å². The van der Waals surface area contributed by atoms with Crippen LogP contribution in [0.25, 0.3) is 0 Å². The number of halogens is 2. The molecule has 2 rings (SSSR count). The van der Waals surface area contributed by atoms with Crippen LogP contribution in [0.1, 0.15) is 21.8 Å². The number of carbonyl (C=O) groups excluding carboxylic acids is 1. The number of nitrogens with zero attached hydrogens (tertiary/aromatic N) is 3. The zero-order valence-corrected chi connectivity index (χ0v) is 9.97. The summed E-state index contributed by atoms with van der Waals surface area (Å²) in [7, 11) is 1.62. The second kappa shape index (κ2) is 4.98. The van der Waals surface area contributed by atoms with Crippen molar-refractivity contribution < 1.29 is 13.6 Å². The van der Waals surface area contributed by atoms with Gasteiger partial charge in [-0.3, -0.25) is 9.48 Å². The molecule has 0 amide bonds. The van der Waals surface area contributed by atoms with Crippen molar-refractivity contribution in [2.75, 3.05) is 0 Å². The minimum absolute atomic E-state index is 0.141. The van der Waals surface area contributed by atoms with Gasteiger partial charge in [0.15, 0.2) is 5.78 Å². The number of benzene rings is 1. The molecule has 0 bridgehead atoms. The number of aromatic nitrogens is 2. The van der Waals surface area contributed by atoms with Gasteiger partial charge in [0, 0.05) is 24.9 Å². The summed E-state index contributed by atoms with van der Waals surface area (Å²) in [5, 5.41) is 12.9. The molecule has 1 aromatic heterocycles. The van der Waals surface area contributed by atoms with E-state index in [1.54, 1.807) is 13.1 Å². The third-order valence-corrected chi connectivity index (χ3v) is 2.65. The van der Waals surface area contributed by atoms with Crippen LogP contribution in [0.2, 0.25) is 0 Å². The van der Waals surface area contributed by atoms with Crippen molar-refractivity contribution in [2.24, 2.45) is 7.05 Å². The van der Waals surface area contributed by atoms with Crippen LogP contribution in [0.3, 0.4) is 0 Å². The molecule has 2 aromatic rings. The Morgan fingerprint density at radius 2 is 2.21 bits per heavy atom. The van der Waals surface area contributed by atoms with E-state index in [9.17, 15) is 13.6 Å². The van der Waals surface area contributed by atoms with E-state index in [1.165, 1.54) is 17.1 Å². The van der Waals surface area contributed by atoms with Crippen molar-refractivity contribution in [1.82, 2.24) is 9.78 Å². The van der Waals surface area contributed by atoms with Gasteiger partial charge in [-0.2, -0.15) is 10.4 Å². The Bertz CT molecular complexity index is 673. The number of hydrogen-bond acceptors (Lipinski definition) is 3. The lowest BCUT2D eigenvalue weighted by atomic mass is 9.93. The van der Waals surface area contributed by atoms with Crippen molar-refractivity contribution in [3.05, 3.63) is 53.4 Å². The van der Waals surface area contributed by atoms with Crippen molar-refractivity contribution >= 4 is 5.78 Å². The number of rotatable bonds is 3. The monoisotopic (exact) mass is 261 g/mol. The van der Waals surface area contributed by atoms with Gasteiger partial charge in [0.1, 0.15) is 17.6 Å². The molecule has 0 saturated carbocycles. The molecule has 0 radical (unpaired) electrons. The maximum absolute atomic E-state index is 13.6. The van der Waals surface area contributed by atoms with Crippen LogP contribution >= 0.6 is 0 Å². The van der Waals surface area contributed by atoms with Gasteiger partial charge in [0.05, 0.1) is 17.8 Å². The van der Waals surface area contributed by atoms with E-state index in [0.29, 0.717) is 6.07 Å². The number of hydrogen-bond donors (Lipinski definition) is 0. The molecule has 0 spiro atoms. The van der Waals surface area contributed by atoms with Crippen LogP contribution in [-0.4, -0.2) is 15.6 Å². The minimum atomic E-state index is -1.32. The Balaban J connectivity index is 2.40. The van der Waals surface area contributed by atoms with Gasteiger partial charge >= 0.3 is 0 Å². The zero-order valence-electron chi connectivity index (χ0n) is 9.97. The summed E-state index contributed by atoms with van der Waals surface area (Å²) in [5.41, 5.74) is 0.0653. The Morgan fingerprint density at radius 3 is 2.74 bits per heavy atom. The predicted molar refractivity (Wildman–Crippen MR) is 62.3 cm³/mol. The second-order valence-corrected chi connectivity index (χ2v) is 3.99. The summed E-state index contributed by atoms with van der Waals surface area (Å²) >= 11 is 0. The molecule has 6 heteroatoms. The van der Waals surface area contributed by atoms with Crippen LogP contribution in [0.5, 0.6) is 0 Å². The van der Waals surface area contributed by atoms with Gasteiger partial charge in [0.2, 0.25) is 0 Å². The van der Waals surface area contributed by atoms with Gasteiger partial charge in [-0.15, -0.1) is 0 Å². The van der Waals surface area contributed by atoms with E-state index in [2.05, 4.69) is 5.10 Å². The van der Waals surface area contributed by atoms with Crippen LogP contribution in [-0.2, 0) is 7.05 Å². The van der Waals surface area contributed by atoms with Gasteiger partial charge < -0.3 is 0 Å². The normalized spacial score (nSPS) is 11.9. The first-order chi connectivity index (χ1) is 9.02. The largest absolute Gasteiger partial charge is 0.292 e. The quantitative estimate of drug-likeness (QED) is 0.796. The SMILES string of the molecule is Cn1cc(C(=O)C(C#N)c2ccc(F)cc2F)cn1. The first-order valence-corrected chi connectivity index (χ1v) is 5.40. The molecule has 96 valence electrons. The fourth-order valence-corrected chi connectivity index (χ4v) is 1.72. The maximum atomic E-state index is 13.6. The highest BCUT2D eigenvalue weighted by atomic mass is 19.1. The topological polar surface area (TPSA) is 58.7 Å². The van der Waals surface area contributed by atoms with Crippen molar-refractivity contribution in [1.29, 1.82) is 5.26 Å². The molecule has 1 heterocycles. The minimum Gasteiger partial charge on any atom is -0.292 e. The van der Waals surface area contributed by atoms with Gasteiger partial charge in [-0.25, -0.2) is 8.78 Å². The highest BCUT2D eigenvalue weighted by molar-refractivity contribution is 6.02. The lowest BCUT2D eigenvalue weighted by Gasteiger charge is -2.08. The van der Waals surface area contributed by atoms with Crippen LogP contribution in [0, 0.1) is 23.0 Å². The smallest absolute Gasteiger partial charge is 0.187 e. The van der Waals surface area contributed by atoms with E-state index >= 15 is 0 Å². The molecule has 1 atom stereocenters. The Kier molecular flexibility index (Phi) is 3.38. The number of ketones is 1. The maximum Gasteiger partial charge on any atom is 0.187 e. The molecule has 0 aliphatic rings. The highest BCUT2D eigenvalue weighted by Crippen LogP contribution is 2.23. The van der Waals surface area contributed by atoms with Gasteiger partial charge in [-0.1, -0.05) is 6.07 Å². The van der Waals surface area contributed by atoms with Crippen LogP contribution in [0.15, 0.2) is 30.6 Å². The standard InChI is InChI=1S/C13H9F2N3O/c1-18-7-8(6-17-18)13(19)11(5-16)10-3-2-9(14)4-12(10)15/h2-4,6-7,11H,1H3. The molecule has 1 aromatic carbocycles. The third kappa shape index (κ3) is 2.50. The third-order valence-electron chi connectivity index (χ3n) is 2.65. The fourth-order valence-electron chi connectivity index (χ4n) is 1.72. The van der Waals surface area contributed by atoms with E-state index in [-0.39, 0.29) is 11.1 Å². The summed E-state index contributed by atoms with van der Waals surface area (Å²) in [6.45, 7) is 0. The Labute approximate surface area is 107 Å². The summed E-state index contributed by atoms with van der Waals surface area (Å²) in [5.74, 6) is -3.55. The first kappa shape index (κ1) is 12.9. The summed E-state index contributed by atoms with van der Waals surface area (Å²) < 4.78 is 27.8. The van der Waals surface area contributed by atoms with Gasteiger partial charge in [0.25, 0.3) is 0 Å². The molecule has 19 heavy (non-hydrogen) atoms. The lowest BCUT2D eigenvalue weighted by molar-refractivity contribution is 0.0977. The fraction of sp³-hybridized carbons (Fsp3) is 0.154. The summed E-state index contributed by atoms with van der Waals surface area (Å²) in [6, 6.07) is 4.50. The summed E-state index contributed by atoms with van der Waals surface area (Å²) in [6.07, 6.45) is 2.74. The number of Topliss-reactive ketones (excluding diaryl/α,β-unsaturated/α-hetero) is 1. The Morgan fingerprint density at radius 1 is 1.47 bits per heavy atom. The highest BCUT2D eigenvalue weighted by Gasteiger charge is 2.25. The number of carbonyl (C=O) groups is 1. The molecule has 4 nitrogen and oxygen atoms in total. The molecule has 0 fully saturated rings. The zero-order chi connectivity index (χ0) is 14.0. The van der Waals surface area contributed by atoms with Crippen molar-refractivity contribution in [3.8, 4) is 6.07 Å². The van der Waals surface area contributed by atoms with E-state index in [4.69, 9.17) is 5.26 Å². The van der Waals surface area contributed by atoms with E-state index < -0.39 is 23.3 Å². The molecule has 0 aliphatic heterocycles. The molecule has 0 saturated heterocycles. The van der Waals surface area contributed by atoms with E-state index in [1.807, 2.05) is 0 Å².